The molecule has 1 saturated heterocycles. The van der Waals surface area contributed by atoms with Gasteiger partial charge in [-0.25, -0.2) is 4.98 Å². The Morgan fingerprint density at radius 3 is 2.58 bits per heavy atom. The van der Waals surface area contributed by atoms with Gasteiger partial charge >= 0.3 is 5.91 Å². The molecule has 0 bridgehead atoms. The van der Waals surface area contributed by atoms with Crippen LogP contribution >= 0.6 is 11.3 Å². The van der Waals surface area contributed by atoms with Gasteiger partial charge in [0.2, 0.25) is 0 Å². The Kier molecular flexibility index (Phi) is 6.77. The Hall–Kier alpha value is -4.37. The maximum absolute atomic E-state index is 13.5. The van der Waals surface area contributed by atoms with Crippen molar-refractivity contribution in [3.63, 3.8) is 0 Å². The Morgan fingerprint density at radius 2 is 1.84 bits per heavy atom. The first-order valence-electron chi connectivity index (χ1n) is 12.0. The Labute approximate surface area is 223 Å². The number of aromatic nitrogens is 1. The third-order valence-corrected chi connectivity index (χ3v) is 7.35. The Morgan fingerprint density at radius 1 is 1.03 bits per heavy atom. The average Bonchev–Trinajstić information content (AvgIpc) is 3.46. The van der Waals surface area contributed by atoms with Gasteiger partial charge in [-0.2, -0.15) is 0 Å². The highest BCUT2D eigenvalue weighted by Crippen LogP contribution is 2.46. The number of carbonyl (C=O) groups is 2. The summed E-state index contributed by atoms with van der Waals surface area (Å²) in [7, 11) is 3.03. The third-order valence-electron chi connectivity index (χ3n) is 6.33. The summed E-state index contributed by atoms with van der Waals surface area (Å²) in [4.78, 5) is 33.1. The monoisotopic (exact) mass is 530 g/mol. The second-order valence-corrected chi connectivity index (χ2v) is 9.72. The quantitative estimate of drug-likeness (QED) is 0.187. The molecule has 0 aliphatic carbocycles. The molecule has 0 saturated carbocycles. The number of Topliss-reactive ketones (excluding diaryl/α,β-unsaturated/α-hetero) is 1. The number of carbonyl (C=O) groups excluding carboxylic acids is 2. The van der Waals surface area contributed by atoms with E-state index < -0.39 is 17.7 Å². The van der Waals surface area contributed by atoms with Gasteiger partial charge in [-0.1, -0.05) is 35.6 Å². The lowest BCUT2D eigenvalue weighted by atomic mass is 9.95. The molecule has 1 fully saturated rings. The molecule has 1 amide bonds. The number of aryl methyl sites for hydroxylation is 1. The van der Waals surface area contributed by atoms with Crippen molar-refractivity contribution >= 4 is 44.1 Å². The molecule has 1 N–H and O–H groups in total. The first-order chi connectivity index (χ1) is 18.4. The average molecular weight is 531 g/mol. The summed E-state index contributed by atoms with van der Waals surface area (Å²) in [6, 6.07) is 16.8. The van der Waals surface area contributed by atoms with Crippen molar-refractivity contribution in [1.82, 2.24) is 4.98 Å². The van der Waals surface area contributed by atoms with Crippen LogP contribution in [-0.2, 0) is 9.59 Å². The lowest BCUT2D eigenvalue weighted by Gasteiger charge is -2.24. The number of aliphatic hydroxyl groups excluding tert-OH is 1. The van der Waals surface area contributed by atoms with Crippen LogP contribution in [0.3, 0.4) is 0 Å². The van der Waals surface area contributed by atoms with E-state index in [-0.39, 0.29) is 11.3 Å². The van der Waals surface area contributed by atoms with E-state index in [1.54, 1.807) is 42.5 Å². The number of nitrogens with zero attached hydrogens (tertiary/aromatic N) is 2. The van der Waals surface area contributed by atoms with Crippen LogP contribution in [0.5, 0.6) is 17.2 Å². The lowest BCUT2D eigenvalue weighted by Crippen LogP contribution is -2.29. The number of ketones is 1. The van der Waals surface area contributed by atoms with E-state index in [1.165, 1.54) is 30.5 Å². The number of benzene rings is 3. The molecular formula is C29H26N2O6S. The molecule has 1 aromatic heterocycles. The minimum atomic E-state index is -0.951. The smallest absolute Gasteiger partial charge is 0.301 e. The fraction of sp³-hybridized carbons (Fsp3) is 0.207. The number of anilines is 1. The predicted molar refractivity (Wildman–Crippen MR) is 146 cm³/mol. The zero-order chi connectivity index (χ0) is 27.0. The lowest BCUT2D eigenvalue weighted by molar-refractivity contribution is -0.132. The molecule has 0 radical (unpaired) electrons. The SMILES string of the molecule is CCOc1ccc([C@H]2/C(=C(\O)c3cccc(OC)c3)C(=O)C(=O)N2c2nc3ccc(C)cc3s2)cc1OC. The maximum Gasteiger partial charge on any atom is 0.301 e. The van der Waals surface area contributed by atoms with E-state index in [9.17, 15) is 14.7 Å². The summed E-state index contributed by atoms with van der Waals surface area (Å²) in [5.74, 6) is -0.416. The van der Waals surface area contributed by atoms with Crippen LogP contribution in [0.1, 0.15) is 29.7 Å². The molecule has 1 aliphatic rings. The molecule has 38 heavy (non-hydrogen) atoms. The van der Waals surface area contributed by atoms with Crippen molar-refractivity contribution in [3.05, 3.63) is 82.9 Å². The topological polar surface area (TPSA) is 98.2 Å². The second-order valence-electron chi connectivity index (χ2n) is 8.71. The summed E-state index contributed by atoms with van der Waals surface area (Å²) in [6.07, 6.45) is 0. The molecule has 0 spiro atoms. The van der Waals surface area contributed by atoms with Gasteiger partial charge in [-0.05, 0) is 61.4 Å². The van der Waals surface area contributed by atoms with Crippen LogP contribution in [0.15, 0.2) is 66.2 Å². The number of ether oxygens (including phenoxy) is 3. The van der Waals surface area contributed by atoms with Crippen molar-refractivity contribution in [2.24, 2.45) is 0 Å². The first-order valence-corrected chi connectivity index (χ1v) is 12.8. The molecule has 2 heterocycles. The van der Waals surface area contributed by atoms with E-state index in [0.717, 1.165) is 10.3 Å². The largest absolute Gasteiger partial charge is 0.507 e. The van der Waals surface area contributed by atoms with Gasteiger partial charge in [-0.3, -0.25) is 14.5 Å². The van der Waals surface area contributed by atoms with Crippen molar-refractivity contribution in [1.29, 1.82) is 0 Å². The highest BCUT2D eigenvalue weighted by atomic mass is 32.1. The molecule has 5 rings (SSSR count). The van der Waals surface area contributed by atoms with E-state index in [2.05, 4.69) is 4.98 Å². The van der Waals surface area contributed by atoms with Gasteiger partial charge in [0, 0.05) is 5.56 Å². The van der Waals surface area contributed by atoms with Crippen LogP contribution in [0.4, 0.5) is 5.13 Å². The van der Waals surface area contributed by atoms with Crippen LogP contribution in [-0.4, -0.2) is 42.6 Å². The van der Waals surface area contributed by atoms with Crippen molar-refractivity contribution < 1.29 is 28.9 Å². The third kappa shape index (κ3) is 4.35. The molecule has 4 aromatic rings. The number of thiazole rings is 1. The summed E-state index contributed by atoms with van der Waals surface area (Å²) in [6.45, 7) is 4.28. The molecule has 3 aromatic carbocycles. The highest BCUT2D eigenvalue weighted by Gasteiger charge is 2.48. The van der Waals surface area contributed by atoms with E-state index in [4.69, 9.17) is 14.2 Å². The first kappa shape index (κ1) is 25.3. The summed E-state index contributed by atoms with van der Waals surface area (Å²) >= 11 is 1.31. The molecular weight excluding hydrogens is 504 g/mol. The predicted octanol–water partition coefficient (Wildman–Crippen LogP) is 5.65. The molecule has 194 valence electrons. The van der Waals surface area contributed by atoms with Crippen LogP contribution < -0.4 is 19.1 Å². The Bertz CT molecular complexity index is 1590. The van der Waals surface area contributed by atoms with Gasteiger partial charge in [0.15, 0.2) is 16.6 Å². The van der Waals surface area contributed by atoms with Gasteiger partial charge in [0.25, 0.3) is 5.78 Å². The minimum absolute atomic E-state index is 0.0510. The molecule has 1 aliphatic heterocycles. The van der Waals surface area contributed by atoms with Gasteiger partial charge in [-0.15, -0.1) is 0 Å². The fourth-order valence-electron chi connectivity index (χ4n) is 4.52. The normalized spacial score (nSPS) is 16.7. The van der Waals surface area contributed by atoms with Gasteiger partial charge in [0.05, 0.1) is 42.7 Å². The van der Waals surface area contributed by atoms with Crippen molar-refractivity contribution in [3.8, 4) is 17.2 Å². The molecule has 1 atom stereocenters. The second kappa shape index (κ2) is 10.2. The van der Waals surface area contributed by atoms with Gasteiger partial charge in [0.1, 0.15) is 11.5 Å². The molecule has 8 nitrogen and oxygen atoms in total. The zero-order valence-corrected chi connectivity index (χ0v) is 22.2. The van der Waals surface area contributed by atoms with Crippen molar-refractivity contribution in [2.45, 2.75) is 19.9 Å². The number of rotatable bonds is 7. The van der Waals surface area contributed by atoms with Crippen LogP contribution in [0, 0.1) is 6.92 Å². The van der Waals surface area contributed by atoms with E-state index in [0.29, 0.717) is 45.6 Å². The number of aliphatic hydroxyl groups is 1. The van der Waals surface area contributed by atoms with Gasteiger partial charge < -0.3 is 19.3 Å². The number of hydrogen-bond acceptors (Lipinski definition) is 8. The van der Waals surface area contributed by atoms with E-state index in [1.807, 2.05) is 32.0 Å². The number of amides is 1. The van der Waals surface area contributed by atoms with E-state index >= 15 is 0 Å². The molecule has 0 unspecified atom stereocenters. The molecule has 9 heteroatoms. The van der Waals surface area contributed by atoms with Crippen LogP contribution in [0.25, 0.3) is 16.0 Å². The minimum Gasteiger partial charge on any atom is -0.507 e. The fourth-order valence-corrected chi connectivity index (χ4v) is 5.61. The summed E-state index contributed by atoms with van der Waals surface area (Å²) in [5.41, 5.74) is 2.63. The van der Waals surface area contributed by atoms with Crippen molar-refractivity contribution in [2.75, 3.05) is 25.7 Å². The zero-order valence-electron chi connectivity index (χ0n) is 21.3. The maximum atomic E-state index is 13.5. The Balaban J connectivity index is 1.74. The standard InChI is InChI=1S/C29H26N2O6S/c1-5-37-21-12-10-17(15-22(21)36-4)25-24(26(32)18-7-6-8-19(14-18)35-3)27(33)28(34)31(25)29-30-20-11-9-16(2)13-23(20)38-29/h6-15,25,32H,5H2,1-4H3/b26-24+/t25-/m0/s1. The summed E-state index contributed by atoms with van der Waals surface area (Å²) in [5, 5.41) is 11.8. The van der Waals surface area contributed by atoms with Crippen LogP contribution in [0.2, 0.25) is 0 Å². The number of fused-ring (bicyclic) bond motifs is 1. The number of hydrogen-bond donors (Lipinski definition) is 1. The highest BCUT2D eigenvalue weighted by molar-refractivity contribution is 7.22. The number of methoxy groups -OCH3 is 2. The summed E-state index contributed by atoms with van der Waals surface area (Å²) < 4.78 is 17.4.